The Morgan fingerprint density at radius 2 is 1.76 bits per heavy atom. The summed E-state index contributed by atoms with van der Waals surface area (Å²) in [5.74, 6) is 1.48. The third-order valence-electron chi connectivity index (χ3n) is 6.29. The van der Waals surface area contributed by atoms with Gasteiger partial charge in [-0.2, -0.15) is 0 Å². The Morgan fingerprint density at radius 3 is 2.50 bits per heavy atom. The maximum absolute atomic E-state index is 12.5. The number of hydrogen-bond acceptors (Lipinski definition) is 4. The molecule has 0 unspecified atom stereocenters. The molecule has 0 spiro atoms. The van der Waals surface area contributed by atoms with Crippen LogP contribution in [0.5, 0.6) is 11.5 Å². The Balaban J connectivity index is 1.36. The fourth-order valence-electron chi connectivity index (χ4n) is 4.34. The Kier molecular flexibility index (Phi) is 7.65. The highest BCUT2D eigenvalue weighted by Crippen LogP contribution is 2.29. The summed E-state index contributed by atoms with van der Waals surface area (Å²) in [6.07, 6.45) is 3.31. The number of nitrogens with one attached hydrogen (secondary N) is 1. The van der Waals surface area contributed by atoms with E-state index in [1.54, 1.807) is 14.2 Å². The standard InChI is InChI=1S/C29H32N2O3/c1-21-7-4-5-10-26(21)29(32)30-19-22-8-6-9-25(17-22)24-13-15-31(16-14-24)20-23-11-12-27(33-2)28(18-23)34-3/h4-13,17-18H,14-16,19-20H2,1-3H3,(H,30,32). The average molecular weight is 457 g/mol. The molecule has 0 bridgehead atoms. The molecular weight excluding hydrogens is 424 g/mol. The predicted octanol–water partition coefficient (Wildman–Crippen LogP) is 5.23. The molecule has 5 nitrogen and oxygen atoms in total. The lowest BCUT2D eigenvalue weighted by atomic mass is 9.97. The zero-order valence-corrected chi connectivity index (χ0v) is 20.1. The van der Waals surface area contributed by atoms with Gasteiger partial charge >= 0.3 is 0 Å². The predicted molar refractivity (Wildman–Crippen MR) is 136 cm³/mol. The van der Waals surface area contributed by atoms with Crippen molar-refractivity contribution in [2.75, 3.05) is 27.3 Å². The van der Waals surface area contributed by atoms with Crippen molar-refractivity contribution in [3.05, 3.63) is 101 Å². The third kappa shape index (κ3) is 5.67. The lowest BCUT2D eigenvalue weighted by Gasteiger charge is -2.27. The number of carbonyl (C=O) groups is 1. The molecule has 0 aliphatic carbocycles. The highest BCUT2D eigenvalue weighted by Gasteiger charge is 2.15. The molecule has 0 aromatic heterocycles. The van der Waals surface area contributed by atoms with E-state index in [0.717, 1.165) is 54.2 Å². The Morgan fingerprint density at radius 1 is 0.941 bits per heavy atom. The van der Waals surface area contributed by atoms with Crippen LogP contribution in [0, 0.1) is 6.92 Å². The Labute approximate surface area is 202 Å². The quantitative estimate of drug-likeness (QED) is 0.504. The molecule has 1 N–H and O–H groups in total. The van der Waals surface area contributed by atoms with Crippen LogP contribution in [0.3, 0.4) is 0 Å². The van der Waals surface area contributed by atoms with Gasteiger partial charge in [-0.05, 0) is 65.4 Å². The molecule has 0 saturated heterocycles. The smallest absolute Gasteiger partial charge is 0.251 e. The summed E-state index contributed by atoms with van der Waals surface area (Å²) >= 11 is 0. The highest BCUT2D eigenvalue weighted by molar-refractivity contribution is 5.95. The van der Waals surface area contributed by atoms with Crippen molar-refractivity contribution in [1.82, 2.24) is 10.2 Å². The molecule has 0 saturated carbocycles. The summed E-state index contributed by atoms with van der Waals surface area (Å²) in [6, 6.07) is 22.2. The molecule has 5 heteroatoms. The van der Waals surface area contributed by atoms with Gasteiger partial charge in [-0.25, -0.2) is 0 Å². The van der Waals surface area contributed by atoms with Gasteiger partial charge in [-0.1, -0.05) is 48.5 Å². The molecule has 34 heavy (non-hydrogen) atoms. The van der Waals surface area contributed by atoms with E-state index in [-0.39, 0.29) is 5.91 Å². The largest absolute Gasteiger partial charge is 0.493 e. The van der Waals surface area contributed by atoms with E-state index < -0.39 is 0 Å². The highest BCUT2D eigenvalue weighted by atomic mass is 16.5. The van der Waals surface area contributed by atoms with Crippen LogP contribution in [0.4, 0.5) is 0 Å². The molecule has 0 radical (unpaired) electrons. The molecule has 1 amide bonds. The van der Waals surface area contributed by atoms with Crippen molar-refractivity contribution in [2.45, 2.75) is 26.4 Å². The van der Waals surface area contributed by atoms with Gasteiger partial charge in [0, 0.05) is 31.7 Å². The number of carbonyl (C=O) groups excluding carboxylic acids is 1. The van der Waals surface area contributed by atoms with E-state index in [2.05, 4.69) is 46.6 Å². The number of hydrogen-bond donors (Lipinski definition) is 1. The zero-order valence-electron chi connectivity index (χ0n) is 20.1. The van der Waals surface area contributed by atoms with Crippen LogP contribution in [0.2, 0.25) is 0 Å². The second-order valence-electron chi connectivity index (χ2n) is 8.60. The number of amides is 1. The van der Waals surface area contributed by atoms with Crippen molar-refractivity contribution in [2.24, 2.45) is 0 Å². The van der Waals surface area contributed by atoms with E-state index in [0.29, 0.717) is 6.54 Å². The van der Waals surface area contributed by atoms with Crippen LogP contribution in [-0.4, -0.2) is 38.1 Å². The van der Waals surface area contributed by atoms with Crippen LogP contribution in [0.25, 0.3) is 5.57 Å². The van der Waals surface area contributed by atoms with E-state index in [9.17, 15) is 4.79 Å². The van der Waals surface area contributed by atoms with Crippen LogP contribution >= 0.6 is 0 Å². The minimum absolute atomic E-state index is 0.0359. The van der Waals surface area contributed by atoms with Gasteiger partial charge in [0.1, 0.15) is 0 Å². The number of rotatable bonds is 8. The molecule has 176 valence electrons. The van der Waals surface area contributed by atoms with Crippen molar-refractivity contribution >= 4 is 11.5 Å². The number of ether oxygens (including phenoxy) is 2. The first kappa shape index (κ1) is 23.6. The van der Waals surface area contributed by atoms with Gasteiger partial charge in [0.05, 0.1) is 14.2 Å². The topological polar surface area (TPSA) is 50.8 Å². The third-order valence-corrected chi connectivity index (χ3v) is 6.29. The monoisotopic (exact) mass is 456 g/mol. The van der Waals surface area contributed by atoms with Crippen LogP contribution in [0.15, 0.2) is 72.8 Å². The van der Waals surface area contributed by atoms with Crippen LogP contribution < -0.4 is 14.8 Å². The fourth-order valence-corrected chi connectivity index (χ4v) is 4.34. The first-order chi connectivity index (χ1) is 16.6. The maximum Gasteiger partial charge on any atom is 0.251 e. The number of nitrogens with zero attached hydrogens (tertiary/aromatic N) is 1. The van der Waals surface area contributed by atoms with Crippen molar-refractivity contribution in [3.63, 3.8) is 0 Å². The molecule has 0 fully saturated rings. The van der Waals surface area contributed by atoms with Gasteiger partial charge < -0.3 is 14.8 Å². The van der Waals surface area contributed by atoms with Crippen molar-refractivity contribution < 1.29 is 14.3 Å². The zero-order chi connectivity index (χ0) is 23.9. The van der Waals surface area contributed by atoms with E-state index in [4.69, 9.17) is 9.47 Å². The lowest BCUT2D eigenvalue weighted by Crippen LogP contribution is -2.28. The summed E-state index contributed by atoms with van der Waals surface area (Å²) in [5.41, 5.74) is 6.61. The number of benzene rings is 3. The van der Waals surface area contributed by atoms with Gasteiger partial charge in [0.2, 0.25) is 0 Å². The van der Waals surface area contributed by atoms with Crippen LogP contribution in [-0.2, 0) is 13.1 Å². The molecule has 0 atom stereocenters. The van der Waals surface area contributed by atoms with E-state index in [1.807, 2.05) is 43.3 Å². The summed E-state index contributed by atoms with van der Waals surface area (Å²) < 4.78 is 10.8. The summed E-state index contributed by atoms with van der Waals surface area (Å²) in [4.78, 5) is 15.0. The summed E-state index contributed by atoms with van der Waals surface area (Å²) in [7, 11) is 3.32. The van der Waals surface area contributed by atoms with Gasteiger partial charge in [-0.15, -0.1) is 0 Å². The van der Waals surface area contributed by atoms with E-state index in [1.165, 1.54) is 16.7 Å². The molecule has 3 aromatic rings. The normalized spacial score (nSPS) is 13.8. The maximum atomic E-state index is 12.5. The number of methoxy groups -OCH3 is 2. The van der Waals surface area contributed by atoms with E-state index >= 15 is 0 Å². The fraction of sp³-hybridized carbons (Fsp3) is 0.276. The SMILES string of the molecule is COc1ccc(CN2CC=C(c3cccc(CNC(=O)c4ccccc4C)c3)CC2)cc1OC. The Hall–Kier alpha value is -3.57. The summed E-state index contributed by atoms with van der Waals surface area (Å²) in [5, 5.41) is 3.05. The van der Waals surface area contributed by atoms with Gasteiger partial charge in [-0.3, -0.25) is 9.69 Å². The molecule has 3 aromatic carbocycles. The van der Waals surface area contributed by atoms with Crippen molar-refractivity contribution in [1.29, 1.82) is 0 Å². The molecule has 1 aliphatic rings. The second-order valence-corrected chi connectivity index (χ2v) is 8.60. The molecular formula is C29H32N2O3. The van der Waals surface area contributed by atoms with Crippen molar-refractivity contribution in [3.8, 4) is 11.5 Å². The summed E-state index contributed by atoms with van der Waals surface area (Å²) in [6.45, 7) is 5.24. The number of aryl methyl sites for hydroxylation is 1. The minimum atomic E-state index is -0.0359. The molecule has 1 aliphatic heterocycles. The van der Waals surface area contributed by atoms with Crippen LogP contribution in [0.1, 0.15) is 39.0 Å². The molecule has 1 heterocycles. The van der Waals surface area contributed by atoms with Gasteiger partial charge in [0.25, 0.3) is 5.91 Å². The Bertz CT molecular complexity index is 1190. The van der Waals surface area contributed by atoms with Gasteiger partial charge in [0.15, 0.2) is 11.5 Å². The minimum Gasteiger partial charge on any atom is -0.493 e. The first-order valence-electron chi connectivity index (χ1n) is 11.6. The first-order valence-corrected chi connectivity index (χ1v) is 11.6. The second kappa shape index (κ2) is 11.0. The average Bonchev–Trinajstić information content (AvgIpc) is 2.88. The lowest BCUT2D eigenvalue weighted by molar-refractivity contribution is 0.0950. The molecule has 4 rings (SSSR count).